The molecule has 2 rings (SSSR count). The summed E-state index contributed by atoms with van der Waals surface area (Å²) in [4.78, 5) is 14.7. The summed E-state index contributed by atoms with van der Waals surface area (Å²) in [5.74, 6) is 0.0352. The van der Waals surface area contributed by atoms with Crippen LogP contribution in [0, 0.1) is 16.7 Å². The van der Waals surface area contributed by atoms with Gasteiger partial charge in [0, 0.05) is 25.3 Å². The molecule has 4 nitrogen and oxygen atoms in total. The van der Waals surface area contributed by atoms with Crippen molar-refractivity contribution in [1.82, 2.24) is 4.90 Å². The second kappa shape index (κ2) is 5.27. The van der Waals surface area contributed by atoms with Gasteiger partial charge >= 0.3 is 0 Å². The van der Waals surface area contributed by atoms with Gasteiger partial charge in [0.15, 0.2) is 0 Å². The monoisotopic (exact) mass is 250 g/mol. The first-order chi connectivity index (χ1) is 8.60. The first kappa shape index (κ1) is 13.4. The molecule has 2 atom stereocenters. The first-order valence-corrected chi connectivity index (χ1v) is 6.92. The Labute approximate surface area is 109 Å². The SMILES string of the molecule is CC1CCCC(C)N1C(=O)C1(C#N)CCOCC1. The minimum atomic E-state index is -0.835. The van der Waals surface area contributed by atoms with Crippen LogP contribution in [0.4, 0.5) is 0 Å². The normalized spacial score (nSPS) is 31.7. The molecule has 0 N–H and O–H groups in total. The fraction of sp³-hybridized carbons (Fsp3) is 0.857. The van der Waals surface area contributed by atoms with Crippen molar-refractivity contribution in [3.8, 4) is 6.07 Å². The smallest absolute Gasteiger partial charge is 0.243 e. The van der Waals surface area contributed by atoms with Crippen LogP contribution in [0.3, 0.4) is 0 Å². The van der Waals surface area contributed by atoms with E-state index in [1.165, 1.54) is 6.42 Å². The van der Waals surface area contributed by atoms with Gasteiger partial charge in [-0.15, -0.1) is 0 Å². The van der Waals surface area contributed by atoms with E-state index in [4.69, 9.17) is 4.74 Å². The van der Waals surface area contributed by atoms with Crippen LogP contribution in [0.25, 0.3) is 0 Å². The number of nitriles is 1. The number of carbonyl (C=O) groups excluding carboxylic acids is 1. The molecule has 2 fully saturated rings. The Morgan fingerprint density at radius 3 is 2.33 bits per heavy atom. The van der Waals surface area contributed by atoms with Gasteiger partial charge in [0.1, 0.15) is 5.41 Å². The van der Waals surface area contributed by atoms with Crippen molar-refractivity contribution in [3.05, 3.63) is 0 Å². The lowest BCUT2D eigenvalue weighted by Crippen LogP contribution is -2.54. The number of ether oxygens (including phenoxy) is 1. The van der Waals surface area contributed by atoms with E-state index in [0.29, 0.717) is 26.1 Å². The third kappa shape index (κ3) is 2.24. The zero-order valence-electron chi connectivity index (χ0n) is 11.3. The Hall–Kier alpha value is -1.08. The Morgan fingerprint density at radius 2 is 1.83 bits per heavy atom. The third-order valence-electron chi connectivity index (χ3n) is 4.40. The van der Waals surface area contributed by atoms with Crippen molar-refractivity contribution in [3.63, 3.8) is 0 Å². The van der Waals surface area contributed by atoms with Gasteiger partial charge in [-0.2, -0.15) is 5.26 Å². The highest BCUT2D eigenvalue weighted by molar-refractivity contribution is 5.86. The molecule has 0 aromatic heterocycles. The number of nitrogens with zero attached hydrogens (tertiary/aromatic N) is 2. The highest BCUT2D eigenvalue weighted by Gasteiger charge is 2.45. The fourth-order valence-electron chi connectivity index (χ4n) is 3.16. The lowest BCUT2D eigenvalue weighted by molar-refractivity contribution is -0.149. The van der Waals surface area contributed by atoms with E-state index in [1.807, 2.05) is 4.90 Å². The summed E-state index contributed by atoms with van der Waals surface area (Å²) in [7, 11) is 0. The number of likely N-dealkylation sites (tertiary alicyclic amines) is 1. The van der Waals surface area contributed by atoms with Gasteiger partial charge in [-0.05, 0) is 46.0 Å². The lowest BCUT2D eigenvalue weighted by atomic mass is 9.79. The van der Waals surface area contributed by atoms with Crippen molar-refractivity contribution in [2.24, 2.45) is 5.41 Å². The number of carbonyl (C=O) groups is 1. The molecule has 0 radical (unpaired) electrons. The van der Waals surface area contributed by atoms with Gasteiger partial charge in [-0.25, -0.2) is 0 Å². The predicted octanol–water partition coefficient (Wildman–Crippen LogP) is 2.10. The van der Waals surface area contributed by atoms with E-state index in [1.54, 1.807) is 0 Å². The zero-order valence-corrected chi connectivity index (χ0v) is 11.3. The van der Waals surface area contributed by atoms with Gasteiger partial charge in [0.05, 0.1) is 6.07 Å². The number of amides is 1. The fourth-order valence-corrected chi connectivity index (χ4v) is 3.16. The van der Waals surface area contributed by atoms with E-state index < -0.39 is 5.41 Å². The summed E-state index contributed by atoms with van der Waals surface area (Å²) in [6.45, 7) is 5.24. The molecule has 2 heterocycles. The van der Waals surface area contributed by atoms with Crippen LogP contribution < -0.4 is 0 Å². The van der Waals surface area contributed by atoms with E-state index >= 15 is 0 Å². The van der Waals surface area contributed by atoms with E-state index in [9.17, 15) is 10.1 Å². The second-order valence-electron chi connectivity index (χ2n) is 5.65. The molecule has 0 bridgehead atoms. The van der Waals surface area contributed by atoms with Crippen LogP contribution in [0.5, 0.6) is 0 Å². The standard InChI is InChI=1S/C14H22N2O2/c1-11-4-3-5-12(2)16(11)13(17)14(10-15)6-8-18-9-7-14/h11-12H,3-9H2,1-2H3. The number of rotatable bonds is 1. The molecule has 0 aliphatic carbocycles. The van der Waals surface area contributed by atoms with Crippen molar-refractivity contribution in [2.75, 3.05) is 13.2 Å². The average Bonchev–Trinajstić information content (AvgIpc) is 2.39. The van der Waals surface area contributed by atoms with Crippen LogP contribution >= 0.6 is 0 Å². The van der Waals surface area contributed by atoms with Gasteiger partial charge in [-0.1, -0.05) is 0 Å². The molecule has 0 saturated carbocycles. The summed E-state index contributed by atoms with van der Waals surface area (Å²) in [6, 6.07) is 2.80. The van der Waals surface area contributed by atoms with Crippen molar-refractivity contribution < 1.29 is 9.53 Å². The van der Waals surface area contributed by atoms with Gasteiger partial charge in [-0.3, -0.25) is 4.79 Å². The molecule has 2 saturated heterocycles. The molecule has 100 valence electrons. The van der Waals surface area contributed by atoms with Crippen molar-refractivity contribution >= 4 is 5.91 Å². The summed E-state index contributed by atoms with van der Waals surface area (Å²) >= 11 is 0. The number of hydrogen-bond acceptors (Lipinski definition) is 3. The summed E-state index contributed by atoms with van der Waals surface area (Å²) in [5, 5.41) is 9.46. The second-order valence-corrected chi connectivity index (χ2v) is 5.65. The molecule has 1 amide bonds. The molecule has 0 spiro atoms. The van der Waals surface area contributed by atoms with Crippen LogP contribution in [-0.4, -0.2) is 36.1 Å². The van der Waals surface area contributed by atoms with Crippen molar-refractivity contribution in [2.45, 2.75) is 58.0 Å². The minimum Gasteiger partial charge on any atom is -0.381 e. The summed E-state index contributed by atoms with van der Waals surface area (Å²) in [6.07, 6.45) is 4.35. The predicted molar refractivity (Wildman–Crippen MR) is 67.7 cm³/mol. The lowest BCUT2D eigenvalue weighted by Gasteiger charge is -2.43. The Morgan fingerprint density at radius 1 is 1.28 bits per heavy atom. The molecule has 18 heavy (non-hydrogen) atoms. The maximum atomic E-state index is 12.8. The zero-order chi connectivity index (χ0) is 13.2. The Bertz CT molecular complexity index is 345. The molecule has 2 unspecified atom stereocenters. The van der Waals surface area contributed by atoms with Crippen molar-refractivity contribution in [1.29, 1.82) is 5.26 Å². The molecular formula is C14H22N2O2. The average molecular weight is 250 g/mol. The van der Waals surface area contributed by atoms with Gasteiger partial charge in [0.25, 0.3) is 0 Å². The number of piperidine rings is 1. The van der Waals surface area contributed by atoms with Crippen LogP contribution in [0.15, 0.2) is 0 Å². The Balaban J connectivity index is 2.20. The highest BCUT2D eigenvalue weighted by Crippen LogP contribution is 2.35. The van der Waals surface area contributed by atoms with E-state index in [2.05, 4.69) is 19.9 Å². The molecule has 0 aromatic rings. The molecule has 2 aliphatic heterocycles. The topological polar surface area (TPSA) is 53.3 Å². The maximum Gasteiger partial charge on any atom is 0.243 e. The first-order valence-electron chi connectivity index (χ1n) is 6.92. The maximum absolute atomic E-state index is 12.8. The third-order valence-corrected chi connectivity index (χ3v) is 4.40. The van der Waals surface area contributed by atoms with Crippen LogP contribution in [0.1, 0.15) is 46.0 Å². The molecule has 4 heteroatoms. The number of hydrogen-bond donors (Lipinski definition) is 0. The van der Waals surface area contributed by atoms with E-state index in [0.717, 1.165) is 12.8 Å². The van der Waals surface area contributed by atoms with E-state index in [-0.39, 0.29) is 18.0 Å². The summed E-state index contributed by atoms with van der Waals surface area (Å²) in [5.41, 5.74) is -0.835. The summed E-state index contributed by atoms with van der Waals surface area (Å²) < 4.78 is 5.30. The van der Waals surface area contributed by atoms with Crippen LogP contribution in [-0.2, 0) is 9.53 Å². The Kier molecular flexibility index (Phi) is 3.91. The quantitative estimate of drug-likeness (QED) is 0.716. The van der Waals surface area contributed by atoms with Crippen LogP contribution in [0.2, 0.25) is 0 Å². The highest BCUT2D eigenvalue weighted by atomic mass is 16.5. The van der Waals surface area contributed by atoms with Gasteiger partial charge in [0.2, 0.25) is 5.91 Å². The molecular weight excluding hydrogens is 228 g/mol. The largest absolute Gasteiger partial charge is 0.381 e. The van der Waals surface area contributed by atoms with Gasteiger partial charge < -0.3 is 9.64 Å². The molecule has 0 aromatic carbocycles. The molecule has 2 aliphatic rings. The minimum absolute atomic E-state index is 0.0352.